The van der Waals surface area contributed by atoms with Crippen molar-refractivity contribution in [3.63, 3.8) is 0 Å². The van der Waals surface area contributed by atoms with Crippen LogP contribution in [0.1, 0.15) is 0 Å². The van der Waals surface area contributed by atoms with Gasteiger partial charge in [-0.1, -0.05) is 0 Å². The monoisotopic (exact) mass is 316 g/mol. The summed E-state index contributed by atoms with van der Waals surface area (Å²) < 4.78 is 37.4. The molecule has 0 spiro atoms. The predicted molar refractivity (Wildman–Crippen MR) is 77.2 cm³/mol. The smallest absolute Gasteiger partial charge is 0.240 e. The molecule has 1 aliphatic rings. The second kappa shape index (κ2) is 6.61. The SMILES string of the molecule is CN(C)C[C@@H](O)CNS(=O)(=O)c1ccc2c(c1)OCCO2. The Morgan fingerprint density at radius 3 is 2.62 bits per heavy atom. The Morgan fingerprint density at radius 2 is 1.95 bits per heavy atom. The minimum Gasteiger partial charge on any atom is -0.486 e. The summed E-state index contributed by atoms with van der Waals surface area (Å²) in [6, 6.07) is 4.45. The van der Waals surface area contributed by atoms with Crippen LogP contribution in [0.15, 0.2) is 23.1 Å². The molecule has 0 bridgehead atoms. The van der Waals surface area contributed by atoms with Crippen LogP contribution in [-0.4, -0.2) is 64.9 Å². The molecule has 0 aliphatic carbocycles. The van der Waals surface area contributed by atoms with Gasteiger partial charge in [0.05, 0.1) is 11.0 Å². The number of hydrogen-bond donors (Lipinski definition) is 2. The van der Waals surface area contributed by atoms with Crippen molar-refractivity contribution in [1.82, 2.24) is 9.62 Å². The number of fused-ring (bicyclic) bond motifs is 1. The molecule has 1 aliphatic heterocycles. The van der Waals surface area contributed by atoms with E-state index in [1.165, 1.54) is 12.1 Å². The third-order valence-corrected chi connectivity index (χ3v) is 4.33. The van der Waals surface area contributed by atoms with Gasteiger partial charge in [-0.05, 0) is 26.2 Å². The summed E-state index contributed by atoms with van der Waals surface area (Å²) >= 11 is 0. The fourth-order valence-corrected chi connectivity index (χ4v) is 3.05. The Balaban J connectivity index is 2.05. The van der Waals surface area contributed by atoms with E-state index in [0.717, 1.165) is 0 Å². The molecular weight excluding hydrogens is 296 g/mol. The van der Waals surface area contributed by atoms with Gasteiger partial charge in [0, 0.05) is 19.2 Å². The molecule has 0 saturated carbocycles. The molecule has 1 aromatic carbocycles. The lowest BCUT2D eigenvalue weighted by atomic mass is 10.3. The summed E-state index contributed by atoms with van der Waals surface area (Å²) in [5, 5.41) is 9.71. The molecular formula is C13H20N2O5S. The summed E-state index contributed by atoms with van der Waals surface area (Å²) in [5.41, 5.74) is 0. The van der Waals surface area contributed by atoms with Gasteiger partial charge in [-0.25, -0.2) is 13.1 Å². The van der Waals surface area contributed by atoms with E-state index < -0.39 is 16.1 Å². The van der Waals surface area contributed by atoms with Crippen molar-refractivity contribution in [3.8, 4) is 11.5 Å². The first-order chi connectivity index (χ1) is 9.88. The molecule has 8 heteroatoms. The van der Waals surface area contributed by atoms with E-state index in [4.69, 9.17) is 9.47 Å². The highest BCUT2D eigenvalue weighted by Crippen LogP contribution is 2.32. The first-order valence-electron chi connectivity index (χ1n) is 6.60. The number of nitrogens with one attached hydrogen (secondary N) is 1. The molecule has 2 rings (SSSR count). The topological polar surface area (TPSA) is 88.1 Å². The Bertz CT molecular complexity index is 588. The van der Waals surface area contributed by atoms with Crippen LogP contribution in [0.5, 0.6) is 11.5 Å². The molecule has 21 heavy (non-hydrogen) atoms. The summed E-state index contributed by atoms with van der Waals surface area (Å²) in [6.45, 7) is 1.18. The predicted octanol–water partition coefficient (Wildman–Crippen LogP) is -0.341. The van der Waals surface area contributed by atoms with Crippen LogP contribution in [0.2, 0.25) is 0 Å². The molecule has 1 aromatic rings. The van der Waals surface area contributed by atoms with Crippen LogP contribution >= 0.6 is 0 Å². The maximum atomic E-state index is 12.2. The first kappa shape index (κ1) is 16.0. The van der Waals surface area contributed by atoms with Crippen LogP contribution in [0.25, 0.3) is 0 Å². The third-order valence-electron chi connectivity index (χ3n) is 2.91. The molecule has 1 atom stereocenters. The minimum atomic E-state index is -3.69. The zero-order valence-electron chi connectivity index (χ0n) is 12.1. The van der Waals surface area contributed by atoms with Crippen molar-refractivity contribution in [2.75, 3.05) is 40.4 Å². The number of hydrogen-bond acceptors (Lipinski definition) is 6. The Labute approximate surface area is 124 Å². The summed E-state index contributed by atoms with van der Waals surface area (Å²) in [7, 11) is -0.0805. The summed E-state index contributed by atoms with van der Waals surface area (Å²) in [4.78, 5) is 1.87. The zero-order chi connectivity index (χ0) is 15.5. The number of likely N-dealkylation sites (N-methyl/N-ethyl adjacent to an activating group) is 1. The molecule has 0 fully saturated rings. The van der Waals surface area contributed by atoms with Crippen molar-refractivity contribution >= 4 is 10.0 Å². The highest BCUT2D eigenvalue weighted by atomic mass is 32.2. The standard InChI is InChI=1S/C13H20N2O5S/c1-15(2)9-10(16)8-14-21(17,18)11-3-4-12-13(7-11)20-6-5-19-12/h3-4,7,10,14,16H,5-6,8-9H2,1-2H3/t10-/m0/s1. The average Bonchev–Trinajstić information content (AvgIpc) is 2.44. The van der Waals surface area contributed by atoms with Crippen LogP contribution < -0.4 is 14.2 Å². The van der Waals surface area contributed by atoms with E-state index in [2.05, 4.69) is 4.72 Å². The maximum Gasteiger partial charge on any atom is 0.240 e. The van der Waals surface area contributed by atoms with Crippen molar-refractivity contribution in [2.24, 2.45) is 0 Å². The van der Waals surface area contributed by atoms with E-state index in [-0.39, 0.29) is 11.4 Å². The lowest BCUT2D eigenvalue weighted by Gasteiger charge is -2.19. The lowest BCUT2D eigenvalue weighted by molar-refractivity contribution is 0.140. The fraction of sp³-hybridized carbons (Fsp3) is 0.538. The summed E-state index contributed by atoms with van der Waals surface area (Å²) in [6.07, 6.45) is -0.771. The fourth-order valence-electron chi connectivity index (χ4n) is 1.97. The van der Waals surface area contributed by atoms with Gasteiger partial charge >= 0.3 is 0 Å². The van der Waals surface area contributed by atoms with E-state index in [1.54, 1.807) is 25.1 Å². The zero-order valence-corrected chi connectivity index (χ0v) is 12.9. The summed E-state index contributed by atoms with van der Waals surface area (Å²) in [5.74, 6) is 0.950. The van der Waals surface area contributed by atoms with Gasteiger partial charge < -0.3 is 19.5 Å². The van der Waals surface area contributed by atoms with Crippen molar-refractivity contribution in [3.05, 3.63) is 18.2 Å². The van der Waals surface area contributed by atoms with E-state index >= 15 is 0 Å². The van der Waals surface area contributed by atoms with Gasteiger partial charge in [-0.15, -0.1) is 0 Å². The Kier molecular flexibility index (Phi) is 5.04. The van der Waals surface area contributed by atoms with Gasteiger partial charge in [0.25, 0.3) is 0 Å². The third kappa shape index (κ3) is 4.31. The molecule has 2 N–H and O–H groups in total. The maximum absolute atomic E-state index is 12.2. The van der Waals surface area contributed by atoms with E-state index in [9.17, 15) is 13.5 Å². The quantitative estimate of drug-likeness (QED) is 0.746. The van der Waals surface area contributed by atoms with E-state index in [1.807, 2.05) is 0 Å². The van der Waals surface area contributed by atoms with Crippen molar-refractivity contribution in [2.45, 2.75) is 11.0 Å². The Hall–Kier alpha value is -1.35. The van der Waals surface area contributed by atoms with Crippen LogP contribution in [0.4, 0.5) is 0 Å². The van der Waals surface area contributed by atoms with Crippen LogP contribution in [0, 0.1) is 0 Å². The Morgan fingerprint density at radius 1 is 1.29 bits per heavy atom. The van der Waals surface area contributed by atoms with Gasteiger partial charge in [0.15, 0.2) is 11.5 Å². The molecule has 0 radical (unpaired) electrons. The van der Waals surface area contributed by atoms with Gasteiger partial charge in [-0.3, -0.25) is 0 Å². The minimum absolute atomic E-state index is 0.0467. The number of benzene rings is 1. The largest absolute Gasteiger partial charge is 0.486 e. The molecule has 0 amide bonds. The number of ether oxygens (including phenoxy) is 2. The lowest BCUT2D eigenvalue weighted by Crippen LogP contribution is -2.37. The van der Waals surface area contributed by atoms with Crippen molar-refractivity contribution in [1.29, 1.82) is 0 Å². The normalized spacial score (nSPS) is 16.0. The molecule has 118 valence electrons. The van der Waals surface area contributed by atoms with Gasteiger partial charge in [-0.2, -0.15) is 0 Å². The number of sulfonamides is 1. The van der Waals surface area contributed by atoms with Crippen LogP contribution in [-0.2, 0) is 10.0 Å². The van der Waals surface area contributed by atoms with E-state index in [0.29, 0.717) is 31.3 Å². The second-order valence-corrected chi connectivity index (χ2v) is 6.84. The molecule has 0 unspecified atom stereocenters. The average molecular weight is 316 g/mol. The number of nitrogens with zero attached hydrogens (tertiary/aromatic N) is 1. The number of aliphatic hydroxyl groups is 1. The van der Waals surface area contributed by atoms with Crippen LogP contribution in [0.3, 0.4) is 0 Å². The van der Waals surface area contributed by atoms with Crippen molar-refractivity contribution < 1.29 is 23.0 Å². The molecule has 0 saturated heterocycles. The molecule has 1 heterocycles. The van der Waals surface area contributed by atoms with Gasteiger partial charge in [0.2, 0.25) is 10.0 Å². The number of rotatable bonds is 6. The highest BCUT2D eigenvalue weighted by molar-refractivity contribution is 7.89. The first-order valence-corrected chi connectivity index (χ1v) is 8.09. The highest BCUT2D eigenvalue weighted by Gasteiger charge is 2.20. The number of aliphatic hydroxyl groups excluding tert-OH is 1. The molecule has 0 aromatic heterocycles. The van der Waals surface area contributed by atoms with Gasteiger partial charge in [0.1, 0.15) is 13.2 Å². The molecule has 7 nitrogen and oxygen atoms in total. The second-order valence-electron chi connectivity index (χ2n) is 5.07.